The van der Waals surface area contributed by atoms with Gasteiger partial charge in [-0.1, -0.05) is 0 Å². The van der Waals surface area contributed by atoms with Gasteiger partial charge in [-0.05, 0) is 44.7 Å². The van der Waals surface area contributed by atoms with Crippen molar-refractivity contribution in [2.75, 3.05) is 20.3 Å². The minimum Gasteiger partial charge on any atom is -0.463 e. The highest BCUT2D eigenvalue weighted by Crippen LogP contribution is 2.23. The molecular weight excluding hydrogens is 258 g/mol. The van der Waals surface area contributed by atoms with Crippen molar-refractivity contribution in [3.05, 3.63) is 23.7 Å². The van der Waals surface area contributed by atoms with E-state index in [0.29, 0.717) is 12.0 Å². The zero-order chi connectivity index (χ0) is 14.5. The van der Waals surface area contributed by atoms with Gasteiger partial charge < -0.3 is 19.2 Å². The SMILES string of the molecule is COC(=O)c1ccc([C@H](C)N[C@H](C)C2CCOCC2)o1. The standard InChI is InChI=1S/C15H23NO4/c1-10(12-6-8-19-9-7-12)16-11(2)13-4-5-14(20-13)15(17)18-3/h4-5,10-12,16H,6-9H2,1-3H3/t10-,11+/m1/s1. The first-order chi connectivity index (χ1) is 9.61. The van der Waals surface area contributed by atoms with Gasteiger partial charge in [-0.15, -0.1) is 0 Å². The summed E-state index contributed by atoms with van der Waals surface area (Å²) >= 11 is 0. The molecule has 20 heavy (non-hydrogen) atoms. The van der Waals surface area contributed by atoms with E-state index < -0.39 is 5.97 Å². The molecule has 0 radical (unpaired) electrons. The number of nitrogens with one attached hydrogen (secondary N) is 1. The molecule has 0 saturated carbocycles. The molecule has 2 atom stereocenters. The molecule has 112 valence electrons. The molecule has 5 nitrogen and oxygen atoms in total. The largest absolute Gasteiger partial charge is 0.463 e. The van der Waals surface area contributed by atoms with Gasteiger partial charge in [0.25, 0.3) is 0 Å². The van der Waals surface area contributed by atoms with Gasteiger partial charge in [-0.25, -0.2) is 4.79 Å². The summed E-state index contributed by atoms with van der Waals surface area (Å²) in [4.78, 5) is 11.4. The molecule has 1 fully saturated rings. The third-order valence-corrected chi connectivity index (χ3v) is 3.93. The maximum atomic E-state index is 11.4. The zero-order valence-corrected chi connectivity index (χ0v) is 12.3. The molecule has 2 rings (SSSR count). The van der Waals surface area contributed by atoms with E-state index in [0.717, 1.165) is 31.8 Å². The van der Waals surface area contributed by atoms with E-state index in [-0.39, 0.29) is 11.8 Å². The zero-order valence-electron chi connectivity index (χ0n) is 12.3. The van der Waals surface area contributed by atoms with Gasteiger partial charge in [0.05, 0.1) is 13.2 Å². The van der Waals surface area contributed by atoms with Crippen LogP contribution in [0.3, 0.4) is 0 Å². The Kier molecular flexibility index (Phi) is 5.20. The van der Waals surface area contributed by atoms with Crippen LogP contribution in [0.2, 0.25) is 0 Å². The molecule has 5 heteroatoms. The smallest absolute Gasteiger partial charge is 0.373 e. The van der Waals surface area contributed by atoms with E-state index in [1.807, 2.05) is 13.0 Å². The van der Waals surface area contributed by atoms with E-state index in [4.69, 9.17) is 9.15 Å². The average Bonchev–Trinajstić information content (AvgIpc) is 2.97. The highest BCUT2D eigenvalue weighted by Gasteiger charge is 2.23. The molecule has 0 bridgehead atoms. The summed E-state index contributed by atoms with van der Waals surface area (Å²) in [5.74, 6) is 1.18. The van der Waals surface area contributed by atoms with Crippen molar-refractivity contribution in [2.24, 2.45) is 5.92 Å². The minimum absolute atomic E-state index is 0.0613. The number of esters is 1. The highest BCUT2D eigenvalue weighted by molar-refractivity contribution is 5.86. The number of hydrogen-bond acceptors (Lipinski definition) is 5. The molecular formula is C15H23NO4. The van der Waals surface area contributed by atoms with Gasteiger partial charge in [-0.2, -0.15) is 0 Å². The van der Waals surface area contributed by atoms with Gasteiger partial charge >= 0.3 is 5.97 Å². The van der Waals surface area contributed by atoms with E-state index in [9.17, 15) is 4.79 Å². The third kappa shape index (κ3) is 3.61. The summed E-state index contributed by atoms with van der Waals surface area (Å²) in [5.41, 5.74) is 0. The quantitative estimate of drug-likeness (QED) is 0.840. The van der Waals surface area contributed by atoms with Crippen molar-refractivity contribution in [3.8, 4) is 0 Å². The van der Waals surface area contributed by atoms with Crippen LogP contribution >= 0.6 is 0 Å². The van der Waals surface area contributed by atoms with Gasteiger partial charge in [0.15, 0.2) is 0 Å². The predicted molar refractivity (Wildman–Crippen MR) is 74.6 cm³/mol. The van der Waals surface area contributed by atoms with Gasteiger partial charge in [0.2, 0.25) is 5.76 Å². The first-order valence-electron chi connectivity index (χ1n) is 7.13. The van der Waals surface area contributed by atoms with Crippen molar-refractivity contribution in [1.82, 2.24) is 5.32 Å². The molecule has 1 saturated heterocycles. The van der Waals surface area contributed by atoms with Crippen LogP contribution < -0.4 is 5.32 Å². The number of carbonyl (C=O) groups is 1. The summed E-state index contributed by atoms with van der Waals surface area (Å²) in [7, 11) is 1.35. The summed E-state index contributed by atoms with van der Waals surface area (Å²) in [6.07, 6.45) is 2.18. The lowest BCUT2D eigenvalue weighted by atomic mass is 9.92. The van der Waals surface area contributed by atoms with Crippen LogP contribution in [0.4, 0.5) is 0 Å². The molecule has 1 N–H and O–H groups in total. The van der Waals surface area contributed by atoms with Crippen molar-refractivity contribution in [2.45, 2.75) is 38.8 Å². The molecule has 1 aromatic heterocycles. The second-order valence-corrected chi connectivity index (χ2v) is 5.32. The second kappa shape index (κ2) is 6.90. The van der Waals surface area contributed by atoms with Gasteiger partial charge in [0, 0.05) is 19.3 Å². The van der Waals surface area contributed by atoms with Crippen LogP contribution in [0.15, 0.2) is 16.5 Å². The fourth-order valence-electron chi connectivity index (χ4n) is 2.62. The minimum atomic E-state index is -0.444. The maximum Gasteiger partial charge on any atom is 0.373 e. The number of hydrogen-bond donors (Lipinski definition) is 1. The normalized spacial score (nSPS) is 19.6. The highest BCUT2D eigenvalue weighted by atomic mass is 16.5. The Balaban J connectivity index is 1.91. The van der Waals surface area contributed by atoms with Crippen LogP contribution in [-0.4, -0.2) is 32.3 Å². The van der Waals surface area contributed by atoms with E-state index in [1.54, 1.807) is 6.07 Å². The van der Waals surface area contributed by atoms with E-state index >= 15 is 0 Å². The second-order valence-electron chi connectivity index (χ2n) is 5.32. The van der Waals surface area contributed by atoms with Crippen LogP contribution in [0.1, 0.15) is 49.0 Å². The number of furan rings is 1. The van der Waals surface area contributed by atoms with E-state index in [2.05, 4.69) is 17.0 Å². The molecule has 1 aliphatic rings. The first kappa shape index (κ1) is 15.1. The third-order valence-electron chi connectivity index (χ3n) is 3.93. The van der Waals surface area contributed by atoms with Crippen LogP contribution in [0.5, 0.6) is 0 Å². The van der Waals surface area contributed by atoms with Crippen molar-refractivity contribution < 1.29 is 18.7 Å². The van der Waals surface area contributed by atoms with Crippen molar-refractivity contribution >= 4 is 5.97 Å². The lowest BCUT2D eigenvalue weighted by Crippen LogP contribution is -2.38. The van der Waals surface area contributed by atoms with Crippen LogP contribution in [0.25, 0.3) is 0 Å². The monoisotopic (exact) mass is 281 g/mol. The molecule has 0 aromatic carbocycles. The maximum absolute atomic E-state index is 11.4. The van der Waals surface area contributed by atoms with Crippen LogP contribution in [-0.2, 0) is 9.47 Å². The molecule has 0 amide bonds. The summed E-state index contributed by atoms with van der Waals surface area (Å²) in [6, 6.07) is 3.92. The Labute approximate surface area is 119 Å². The van der Waals surface area contributed by atoms with Gasteiger partial charge in [0.1, 0.15) is 5.76 Å². The fourth-order valence-corrected chi connectivity index (χ4v) is 2.62. The molecule has 2 heterocycles. The van der Waals surface area contributed by atoms with Crippen molar-refractivity contribution in [1.29, 1.82) is 0 Å². The predicted octanol–water partition coefficient (Wildman–Crippen LogP) is 2.53. The summed E-state index contributed by atoms with van der Waals surface area (Å²) in [6.45, 7) is 5.92. The Bertz CT molecular complexity index is 437. The lowest BCUT2D eigenvalue weighted by molar-refractivity contribution is 0.0534. The van der Waals surface area contributed by atoms with Crippen LogP contribution in [0, 0.1) is 5.92 Å². The number of ether oxygens (including phenoxy) is 2. The fraction of sp³-hybridized carbons (Fsp3) is 0.667. The molecule has 1 aliphatic heterocycles. The van der Waals surface area contributed by atoms with E-state index in [1.165, 1.54) is 7.11 Å². The lowest BCUT2D eigenvalue weighted by Gasteiger charge is -2.30. The number of carbonyl (C=O) groups excluding carboxylic acids is 1. The molecule has 0 unspecified atom stereocenters. The Morgan fingerprint density at radius 3 is 2.70 bits per heavy atom. The number of rotatable bonds is 5. The molecule has 0 spiro atoms. The molecule has 1 aromatic rings. The van der Waals surface area contributed by atoms with Crippen molar-refractivity contribution in [3.63, 3.8) is 0 Å². The summed E-state index contributed by atoms with van der Waals surface area (Å²) < 4.78 is 15.5. The molecule has 0 aliphatic carbocycles. The first-order valence-corrected chi connectivity index (χ1v) is 7.13. The topological polar surface area (TPSA) is 60.7 Å². The van der Waals surface area contributed by atoms with Gasteiger partial charge in [-0.3, -0.25) is 0 Å². The average molecular weight is 281 g/mol. The Morgan fingerprint density at radius 2 is 2.05 bits per heavy atom. The Hall–Kier alpha value is -1.33. The summed E-state index contributed by atoms with van der Waals surface area (Å²) in [5, 5.41) is 3.53. The number of methoxy groups -OCH3 is 1. The Morgan fingerprint density at radius 1 is 1.35 bits per heavy atom.